The Hall–Kier alpha value is -1.59. The maximum absolute atomic E-state index is 11.5. The number of Topliss-reactive ketones (excluding diaryl/α,β-unsaturated/α-hetero) is 1. The summed E-state index contributed by atoms with van der Waals surface area (Å²) in [7, 11) is 1.55. The molecule has 1 aromatic carbocycles. The Morgan fingerprint density at radius 1 is 1.28 bits per heavy atom. The van der Waals surface area contributed by atoms with Crippen molar-refractivity contribution >= 4 is 5.78 Å². The zero-order chi connectivity index (χ0) is 18.2. The molecule has 25 heavy (non-hydrogen) atoms. The Balaban J connectivity index is 1.90. The van der Waals surface area contributed by atoms with Gasteiger partial charge in [-0.25, -0.2) is 0 Å². The molecule has 0 aromatic heterocycles. The number of carbonyl (C=O) groups excluding carboxylic acids is 1. The summed E-state index contributed by atoms with van der Waals surface area (Å²) in [5.41, 5.74) is 0.583. The first kappa shape index (κ1) is 19.7. The van der Waals surface area contributed by atoms with Crippen LogP contribution in [0.2, 0.25) is 0 Å². The summed E-state index contributed by atoms with van der Waals surface area (Å²) in [4.78, 5) is 13.8. The first-order chi connectivity index (χ1) is 12.0. The van der Waals surface area contributed by atoms with E-state index >= 15 is 0 Å². The zero-order valence-electron chi connectivity index (χ0n) is 15.7. The fraction of sp³-hybridized carbons (Fsp3) is 0.650. The van der Waals surface area contributed by atoms with Crippen molar-refractivity contribution in [2.24, 2.45) is 0 Å². The topological polar surface area (TPSA) is 59.0 Å². The Bertz CT molecular complexity index is 555. The van der Waals surface area contributed by atoms with Gasteiger partial charge in [-0.2, -0.15) is 0 Å². The van der Waals surface area contributed by atoms with Crippen molar-refractivity contribution in [2.45, 2.75) is 58.1 Å². The number of benzene rings is 1. The summed E-state index contributed by atoms with van der Waals surface area (Å²) in [5, 5.41) is 10.4. The molecule has 140 valence electrons. The molecule has 0 heterocycles. The monoisotopic (exact) mass is 349 g/mol. The van der Waals surface area contributed by atoms with Crippen LogP contribution in [0.1, 0.15) is 56.3 Å². The normalized spacial score (nSPS) is 16.7. The highest BCUT2D eigenvalue weighted by Gasteiger charge is 2.22. The highest BCUT2D eigenvalue weighted by molar-refractivity contribution is 5.94. The predicted octanol–water partition coefficient (Wildman–Crippen LogP) is 3.29. The van der Waals surface area contributed by atoms with Crippen molar-refractivity contribution in [1.82, 2.24) is 4.90 Å². The SMILES string of the molecule is CCN(C[C@@H](O)COc1ccc(C(C)=O)cc1OC)C1CCCCC1. The van der Waals surface area contributed by atoms with E-state index in [0.717, 1.165) is 6.54 Å². The van der Waals surface area contributed by atoms with Gasteiger partial charge >= 0.3 is 0 Å². The van der Waals surface area contributed by atoms with Crippen molar-refractivity contribution in [2.75, 3.05) is 26.8 Å². The van der Waals surface area contributed by atoms with Crippen LogP contribution in [0.15, 0.2) is 18.2 Å². The van der Waals surface area contributed by atoms with Crippen molar-refractivity contribution in [1.29, 1.82) is 0 Å². The molecule has 0 bridgehead atoms. The number of aliphatic hydroxyl groups excluding tert-OH is 1. The second kappa shape index (κ2) is 9.78. The third-order valence-electron chi connectivity index (χ3n) is 4.94. The van der Waals surface area contributed by atoms with Crippen molar-refractivity contribution < 1.29 is 19.4 Å². The van der Waals surface area contributed by atoms with E-state index in [4.69, 9.17) is 9.47 Å². The van der Waals surface area contributed by atoms with Crippen LogP contribution < -0.4 is 9.47 Å². The van der Waals surface area contributed by atoms with Gasteiger partial charge in [0.2, 0.25) is 0 Å². The number of ketones is 1. The summed E-state index contributed by atoms with van der Waals surface area (Å²) >= 11 is 0. The maximum atomic E-state index is 11.5. The summed E-state index contributed by atoms with van der Waals surface area (Å²) in [6, 6.07) is 5.69. The molecule has 1 aliphatic carbocycles. The first-order valence-electron chi connectivity index (χ1n) is 9.29. The molecular formula is C20H31NO4. The van der Waals surface area contributed by atoms with Crippen LogP contribution >= 0.6 is 0 Å². The summed E-state index contributed by atoms with van der Waals surface area (Å²) in [6.07, 6.45) is 5.79. The van der Waals surface area contributed by atoms with Gasteiger partial charge in [0.1, 0.15) is 12.7 Å². The van der Waals surface area contributed by atoms with Gasteiger partial charge in [0, 0.05) is 18.2 Å². The molecule has 5 nitrogen and oxygen atoms in total. The standard InChI is InChI=1S/C20H31NO4/c1-4-21(17-8-6-5-7-9-17)13-18(23)14-25-19-11-10-16(15(2)22)12-20(19)24-3/h10-12,17-18,23H,4-9,13-14H2,1-3H3/t18-/m1/s1. The fourth-order valence-electron chi connectivity index (χ4n) is 3.50. The molecule has 0 saturated heterocycles. The summed E-state index contributed by atoms with van der Waals surface area (Å²) in [6.45, 7) is 5.43. The Kier molecular flexibility index (Phi) is 7.72. The van der Waals surface area contributed by atoms with E-state index in [0.29, 0.717) is 29.6 Å². The van der Waals surface area contributed by atoms with E-state index in [1.165, 1.54) is 39.0 Å². The number of hydrogen-bond acceptors (Lipinski definition) is 5. The van der Waals surface area contributed by atoms with Gasteiger partial charge in [-0.1, -0.05) is 26.2 Å². The molecule has 5 heteroatoms. The number of rotatable bonds is 9. The van der Waals surface area contributed by atoms with Crippen LogP contribution in [0, 0.1) is 0 Å². The molecule has 2 rings (SSSR count). The average molecular weight is 349 g/mol. The molecule has 0 spiro atoms. The van der Waals surface area contributed by atoms with Gasteiger partial charge in [-0.15, -0.1) is 0 Å². The quantitative estimate of drug-likeness (QED) is 0.693. The van der Waals surface area contributed by atoms with Crippen molar-refractivity contribution in [3.05, 3.63) is 23.8 Å². The van der Waals surface area contributed by atoms with E-state index in [1.807, 2.05) is 0 Å². The van der Waals surface area contributed by atoms with Crippen LogP contribution in [-0.4, -0.2) is 54.7 Å². The van der Waals surface area contributed by atoms with Crippen LogP contribution in [0.25, 0.3) is 0 Å². The lowest BCUT2D eigenvalue weighted by molar-refractivity contribution is 0.0457. The second-order valence-electron chi connectivity index (χ2n) is 6.77. The van der Waals surface area contributed by atoms with Gasteiger partial charge in [-0.05, 0) is 44.5 Å². The van der Waals surface area contributed by atoms with Gasteiger partial charge in [0.25, 0.3) is 0 Å². The molecule has 1 saturated carbocycles. The van der Waals surface area contributed by atoms with Crippen molar-refractivity contribution in [3.8, 4) is 11.5 Å². The summed E-state index contributed by atoms with van der Waals surface area (Å²) in [5.74, 6) is 1.04. The van der Waals surface area contributed by atoms with Crippen LogP contribution in [0.3, 0.4) is 0 Å². The molecule has 1 aliphatic rings. The highest BCUT2D eigenvalue weighted by Crippen LogP contribution is 2.28. The lowest BCUT2D eigenvalue weighted by Crippen LogP contribution is -2.43. The number of aliphatic hydroxyl groups is 1. The number of nitrogens with zero attached hydrogens (tertiary/aromatic N) is 1. The molecule has 1 N–H and O–H groups in total. The molecule has 0 radical (unpaired) electrons. The number of carbonyl (C=O) groups is 1. The van der Waals surface area contributed by atoms with Gasteiger partial charge in [-0.3, -0.25) is 9.69 Å². The Labute approximate surface area is 150 Å². The molecule has 0 aliphatic heterocycles. The minimum absolute atomic E-state index is 0.0176. The molecule has 0 unspecified atom stereocenters. The molecular weight excluding hydrogens is 318 g/mol. The Morgan fingerprint density at radius 2 is 2.00 bits per heavy atom. The number of hydrogen-bond donors (Lipinski definition) is 1. The minimum Gasteiger partial charge on any atom is -0.493 e. The van der Waals surface area contributed by atoms with E-state index in [1.54, 1.807) is 25.3 Å². The molecule has 1 fully saturated rings. The van der Waals surface area contributed by atoms with Gasteiger partial charge in [0.15, 0.2) is 17.3 Å². The molecule has 1 aromatic rings. The van der Waals surface area contributed by atoms with Crippen LogP contribution in [-0.2, 0) is 0 Å². The largest absolute Gasteiger partial charge is 0.493 e. The predicted molar refractivity (Wildman–Crippen MR) is 98.6 cm³/mol. The fourth-order valence-corrected chi connectivity index (χ4v) is 3.50. The number of methoxy groups -OCH3 is 1. The van der Waals surface area contributed by atoms with Gasteiger partial charge in [0.05, 0.1) is 7.11 Å². The Morgan fingerprint density at radius 3 is 2.60 bits per heavy atom. The maximum Gasteiger partial charge on any atom is 0.161 e. The van der Waals surface area contributed by atoms with Crippen LogP contribution in [0.4, 0.5) is 0 Å². The lowest BCUT2D eigenvalue weighted by Gasteiger charge is -2.34. The van der Waals surface area contributed by atoms with Crippen molar-refractivity contribution in [3.63, 3.8) is 0 Å². The minimum atomic E-state index is -0.556. The lowest BCUT2D eigenvalue weighted by atomic mass is 9.94. The van der Waals surface area contributed by atoms with Crippen LogP contribution in [0.5, 0.6) is 11.5 Å². The van der Waals surface area contributed by atoms with E-state index in [2.05, 4.69) is 11.8 Å². The first-order valence-corrected chi connectivity index (χ1v) is 9.29. The van der Waals surface area contributed by atoms with E-state index in [-0.39, 0.29) is 12.4 Å². The smallest absolute Gasteiger partial charge is 0.161 e. The third kappa shape index (κ3) is 5.72. The molecule has 0 amide bonds. The molecule has 1 atom stereocenters. The summed E-state index contributed by atoms with van der Waals surface area (Å²) < 4.78 is 11.0. The zero-order valence-corrected chi connectivity index (χ0v) is 15.7. The van der Waals surface area contributed by atoms with E-state index < -0.39 is 6.10 Å². The number of likely N-dealkylation sites (N-methyl/N-ethyl adjacent to an activating group) is 1. The third-order valence-corrected chi connectivity index (χ3v) is 4.94. The average Bonchev–Trinajstić information content (AvgIpc) is 2.64. The number of ether oxygens (including phenoxy) is 2. The van der Waals surface area contributed by atoms with Gasteiger partial charge < -0.3 is 14.6 Å². The highest BCUT2D eigenvalue weighted by atomic mass is 16.5. The van der Waals surface area contributed by atoms with E-state index in [9.17, 15) is 9.90 Å². The second-order valence-corrected chi connectivity index (χ2v) is 6.77.